The third-order valence-corrected chi connectivity index (χ3v) is 4.10. The summed E-state index contributed by atoms with van der Waals surface area (Å²) in [5.41, 5.74) is 8.18. The number of rotatable bonds is 6. The molecule has 0 fully saturated rings. The van der Waals surface area contributed by atoms with Crippen molar-refractivity contribution in [1.29, 1.82) is 0 Å². The Bertz CT molecular complexity index is 736. The number of benzene rings is 2. The number of nitrogens with two attached hydrogens (primary N) is 1. The van der Waals surface area contributed by atoms with E-state index in [4.69, 9.17) is 19.9 Å². The summed E-state index contributed by atoms with van der Waals surface area (Å²) < 4.78 is 16.4. The average Bonchev–Trinajstić information content (AvgIpc) is 3.07. The Morgan fingerprint density at radius 3 is 2.76 bits per heavy atom. The fraction of sp³-hybridized carbons (Fsp3) is 0.316. The molecule has 0 spiro atoms. The molecular weight excluding hydrogens is 318 g/mol. The van der Waals surface area contributed by atoms with Gasteiger partial charge >= 0.3 is 0 Å². The summed E-state index contributed by atoms with van der Waals surface area (Å²) in [6, 6.07) is 13.8. The van der Waals surface area contributed by atoms with Crippen molar-refractivity contribution in [2.24, 2.45) is 10.7 Å². The zero-order valence-corrected chi connectivity index (χ0v) is 14.5. The second kappa shape index (κ2) is 7.79. The minimum Gasteiger partial charge on any atom is -0.493 e. The van der Waals surface area contributed by atoms with Gasteiger partial charge in [-0.2, -0.15) is 0 Å². The Balaban J connectivity index is 1.51. The van der Waals surface area contributed by atoms with Gasteiger partial charge in [-0.05, 0) is 29.3 Å². The molecule has 0 bridgehead atoms. The molecule has 0 saturated heterocycles. The Kier molecular flexibility index (Phi) is 5.28. The quantitative estimate of drug-likeness (QED) is 0.621. The van der Waals surface area contributed by atoms with Gasteiger partial charge in [0.2, 0.25) is 0 Å². The van der Waals surface area contributed by atoms with Crippen LogP contribution in [-0.2, 0) is 13.0 Å². The Labute approximate surface area is 147 Å². The van der Waals surface area contributed by atoms with Crippen LogP contribution < -0.4 is 25.3 Å². The van der Waals surface area contributed by atoms with E-state index in [1.54, 1.807) is 14.2 Å². The molecule has 25 heavy (non-hydrogen) atoms. The Morgan fingerprint density at radius 1 is 1.20 bits per heavy atom. The maximum atomic E-state index is 5.96. The molecule has 3 N–H and O–H groups in total. The Morgan fingerprint density at radius 2 is 2.00 bits per heavy atom. The molecule has 0 saturated carbocycles. The third-order valence-electron chi connectivity index (χ3n) is 4.10. The van der Waals surface area contributed by atoms with Crippen LogP contribution in [0.3, 0.4) is 0 Å². The zero-order chi connectivity index (χ0) is 17.6. The highest BCUT2D eigenvalue weighted by Gasteiger charge is 2.21. The van der Waals surface area contributed by atoms with E-state index in [-0.39, 0.29) is 6.10 Å². The highest BCUT2D eigenvalue weighted by atomic mass is 16.5. The normalized spacial score (nSPS) is 16.1. The van der Waals surface area contributed by atoms with Gasteiger partial charge in [-0.15, -0.1) is 0 Å². The molecule has 6 heteroatoms. The van der Waals surface area contributed by atoms with Crippen molar-refractivity contribution in [2.45, 2.75) is 19.1 Å². The molecule has 2 aromatic carbocycles. The number of nitrogens with one attached hydrogen (secondary N) is 1. The van der Waals surface area contributed by atoms with Crippen LogP contribution in [0, 0.1) is 0 Å². The number of para-hydroxylation sites is 1. The molecule has 0 aromatic heterocycles. The molecule has 0 amide bonds. The first-order valence-electron chi connectivity index (χ1n) is 8.19. The molecule has 6 nitrogen and oxygen atoms in total. The van der Waals surface area contributed by atoms with Crippen molar-refractivity contribution in [3.05, 3.63) is 53.6 Å². The number of methoxy groups -OCH3 is 2. The van der Waals surface area contributed by atoms with Crippen molar-refractivity contribution in [2.75, 3.05) is 20.8 Å². The first kappa shape index (κ1) is 17.0. The van der Waals surface area contributed by atoms with Crippen molar-refractivity contribution >= 4 is 5.96 Å². The lowest BCUT2D eigenvalue weighted by Crippen LogP contribution is -2.39. The largest absolute Gasteiger partial charge is 0.493 e. The van der Waals surface area contributed by atoms with Gasteiger partial charge in [-0.25, -0.2) is 4.99 Å². The van der Waals surface area contributed by atoms with Crippen molar-refractivity contribution < 1.29 is 14.2 Å². The molecule has 0 aliphatic carbocycles. The first-order valence-corrected chi connectivity index (χ1v) is 8.19. The summed E-state index contributed by atoms with van der Waals surface area (Å²) >= 11 is 0. The van der Waals surface area contributed by atoms with E-state index < -0.39 is 0 Å². The highest BCUT2D eigenvalue weighted by molar-refractivity contribution is 5.77. The summed E-state index contributed by atoms with van der Waals surface area (Å²) in [6.07, 6.45) is 0.957. The lowest BCUT2D eigenvalue weighted by Gasteiger charge is -2.12. The fourth-order valence-electron chi connectivity index (χ4n) is 2.80. The van der Waals surface area contributed by atoms with Crippen molar-refractivity contribution in [3.63, 3.8) is 0 Å². The SMILES string of the molecule is COc1ccc(CN=C(N)NCC2Cc3ccccc3O2)cc1OC. The average molecular weight is 341 g/mol. The topological polar surface area (TPSA) is 78.1 Å². The summed E-state index contributed by atoms with van der Waals surface area (Å²) in [5, 5.41) is 3.13. The molecule has 1 aliphatic heterocycles. The fourth-order valence-corrected chi connectivity index (χ4v) is 2.80. The van der Waals surface area contributed by atoms with Crippen LogP contribution in [-0.4, -0.2) is 32.8 Å². The van der Waals surface area contributed by atoms with E-state index in [1.807, 2.05) is 36.4 Å². The molecule has 1 aliphatic rings. The van der Waals surface area contributed by atoms with Crippen LogP contribution in [0.15, 0.2) is 47.5 Å². The standard InChI is InChI=1S/C19H23N3O3/c1-23-17-8-7-13(9-18(17)24-2)11-21-19(20)22-12-15-10-14-5-3-4-6-16(14)25-15/h3-9,15H,10-12H2,1-2H3,(H3,20,21,22). The number of guanidine groups is 1. The maximum Gasteiger partial charge on any atom is 0.189 e. The molecule has 1 unspecified atom stereocenters. The van der Waals surface area contributed by atoms with Gasteiger partial charge in [-0.1, -0.05) is 24.3 Å². The van der Waals surface area contributed by atoms with Crippen LogP contribution in [0.4, 0.5) is 0 Å². The molecule has 1 atom stereocenters. The minimum atomic E-state index is 0.0761. The van der Waals surface area contributed by atoms with Crippen LogP contribution in [0.1, 0.15) is 11.1 Å². The van der Waals surface area contributed by atoms with Gasteiger partial charge in [0, 0.05) is 6.42 Å². The van der Waals surface area contributed by atoms with Gasteiger partial charge in [0.05, 0.1) is 27.3 Å². The van der Waals surface area contributed by atoms with Crippen LogP contribution in [0.25, 0.3) is 0 Å². The second-order valence-corrected chi connectivity index (χ2v) is 5.82. The van der Waals surface area contributed by atoms with Crippen LogP contribution >= 0.6 is 0 Å². The van der Waals surface area contributed by atoms with E-state index >= 15 is 0 Å². The number of ether oxygens (including phenoxy) is 3. The van der Waals surface area contributed by atoms with E-state index in [9.17, 15) is 0 Å². The molecule has 1 heterocycles. The smallest absolute Gasteiger partial charge is 0.189 e. The summed E-state index contributed by atoms with van der Waals surface area (Å²) in [5.74, 6) is 2.72. The van der Waals surface area contributed by atoms with Crippen molar-refractivity contribution in [1.82, 2.24) is 5.32 Å². The maximum absolute atomic E-state index is 5.96. The van der Waals surface area contributed by atoms with Crippen molar-refractivity contribution in [3.8, 4) is 17.2 Å². The number of hydrogen-bond acceptors (Lipinski definition) is 4. The third kappa shape index (κ3) is 4.15. The Hall–Kier alpha value is -2.89. The van der Waals surface area contributed by atoms with E-state index in [0.29, 0.717) is 30.5 Å². The van der Waals surface area contributed by atoms with Gasteiger partial charge in [-0.3, -0.25) is 0 Å². The van der Waals surface area contributed by atoms with Gasteiger partial charge < -0.3 is 25.3 Å². The summed E-state index contributed by atoms with van der Waals surface area (Å²) in [4.78, 5) is 4.37. The number of nitrogens with zero attached hydrogens (tertiary/aromatic N) is 1. The van der Waals surface area contributed by atoms with Gasteiger partial charge in [0.15, 0.2) is 17.5 Å². The van der Waals surface area contributed by atoms with E-state index in [1.165, 1.54) is 5.56 Å². The predicted octanol–water partition coefficient (Wildman–Crippen LogP) is 2.11. The monoisotopic (exact) mass is 341 g/mol. The lowest BCUT2D eigenvalue weighted by atomic mass is 10.1. The zero-order valence-electron chi connectivity index (χ0n) is 14.5. The van der Waals surface area contributed by atoms with Crippen LogP contribution in [0.2, 0.25) is 0 Å². The van der Waals surface area contributed by atoms with E-state index in [0.717, 1.165) is 17.7 Å². The molecular formula is C19H23N3O3. The summed E-state index contributed by atoms with van der Waals surface area (Å²) in [7, 11) is 3.22. The minimum absolute atomic E-state index is 0.0761. The number of aliphatic imine (C=N–C) groups is 1. The lowest BCUT2D eigenvalue weighted by molar-refractivity contribution is 0.235. The summed E-state index contributed by atoms with van der Waals surface area (Å²) in [6.45, 7) is 1.08. The second-order valence-electron chi connectivity index (χ2n) is 5.82. The molecule has 3 rings (SSSR count). The predicted molar refractivity (Wildman–Crippen MR) is 97.4 cm³/mol. The van der Waals surface area contributed by atoms with Gasteiger partial charge in [0.1, 0.15) is 11.9 Å². The molecule has 0 radical (unpaired) electrons. The first-order chi connectivity index (χ1) is 12.2. The van der Waals surface area contributed by atoms with Gasteiger partial charge in [0.25, 0.3) is 0 Å². The molecule has 2 aromatic rings. The number of fused-ring (bicyclic) bond motifs is 1. The molecule has 132 valence electrons. The number of hydrogen-bond donors (Lipinski definition) is 2. The van der Waals surface area contributed by atoms with Crippen LogP contribution in [0.5, 0.6) is 17.2 Å². The van der Waals surface area contributed by atoms with E-state index in [2.05, 4.69) is 16.4 Å². The highest BCUT2D eigenvalue weighted by Crippen LogP contribution is 2.28.